The molecule has 1 N–H and O–H groups in total. The van der Waals surface area contributed by atoms with Crippen LogP contribution in [-0.2, 0) is 18.4 Å². The summed E-state index contributed by atoms with van der Waals surface area (Å²) in [5.41, 5.74) is -0.175. The molecule has 0 saturated carbocycles. The molecule has 4 rings (SSSR count). The van der Waals surface area contributed by atoms with Crippen molar-refractivity contribution in [3.8, 4) is 0 Å². The van der Waals surface area contributed by atoms with Crippen LogP contribution in [0.5, 0.6) is 0 Å². The molecule has 3 heterocycles. The van der Waals surface area contributed by atoms with E-state index < -0.39 is 11.6 Å². The third kappa shape index (κ3) is 3.70. The zero-order valence-electron chi connectivity index (χ0n) is 16.1. The summed E-state index contributed by atoms with van der Waals surface area (Å²) >= 11 is 0. The molecule has 1 saturated heterocycles. The zero-order chi connectivity index (χ0) is 20.4. The SMILES string of the molecule is Cn1nc(C(=O)N2CCCC(F)(C(=O)NCc3ccncc3)C2)c2ccccc21. The van der Waals surface area contributed by atoms with E-state index in [9.17, 15) is 9.59 Å². The van der Waals surface area contributed by atoms with Gasteiger partial charge in [0.2, 0.25) is 5.67 Å². The molecule has 0 radical (unpaired) electrons. The van der Waals surface area contributed by atoms with Gasteiger partial charge < -0.3 is 10.2 Å². The Morgan fingerprint density at radius 1 is 1.21 bits per heavy atom. The number of hydrogen-bond acceptors (Lipinski definition) is 4. The molecule has 0 spiro atoms. The summed E-state index contributed by atoms with van der Waals surface area (Å²) in [4.78, 5) is 30.9. The van der Waals surface area contributed by atoms with E-state index in [0.717, 1.165) is 16.5 Å². The minimum absolute atomic E-state index is 0.0852. The number of piperidine rings is 1. The van der Waals surface area contributed by atoms with Crippen molar-refractivity contribution in [1.29, 1.82) is 0 Å². The first kappa shape index (κ1) is 19.0. The molecule has 1 atom stereocenters. The molecule has 2 amide bonds. The zero-order valence-corrected chi connectivity index (χ0v) is 16.1. The van der Waals surface area contributed by atoms with E-state index in [1.165, 1.54) is 4.90 Å². The molecule has 1 aliphatic rings. The molecule has 2 aromatic heterocycles. The van der Waals surface area contributed by atoms with E-state index >= 15 is 4.39 Å². The molecule has 1 fully saturated rings. The number of amides is 2. The Morgan fingerprint density at radius 3 is 2.76 bits per heavy atom. The number of alkyl halides is 1. The van der Waals surface area contributed by atoms with E-state index in [-0.39, 0.29) is 31.1 Å². The number of rotatable bonds is 4. The van der Waals surface area contributed by atoms with Crippen LogP contribution >= 0.6 is 0 Å². The summed E-state index contributed by atoms with van der Waals surface area (Å²) in [6, 6.07) is 10.9. The summed E-state index contributed by atoms with van der Waals surface area (Å²) in [5.74, 6) is -1.05. The van der Waals surface area contributed by atoms with Crippen molar-refractivity contribution in [3.63, 3.8) is 0 Å². The number of benzene rings is 1. The summed E-state index contributed by atoms with van der Waals surface area (Å²) in [5, 5.41) is 7.69. The van der Waals surface area contributed by atoms with Gasteiger partial charge in [0.05, 0.1) is 12.1 Å². The van der Waals surface area contributed by atoms with Crippen molar-refractivity contribution >= 4 is 22.7 Å². The van der Waals surface area contributed by atoms with Crippen molar-refractivity contribution in [1.82, 2.24) is 25.0 Å². The van der Waals surface area contributed by atoms with Gasteiger partial charge in [0.25, 0.3) is 11.8 Å². The maximum atomic E-state index is 15.5. The lowest BCUT2D eigenvalue weighted by Gasteiger charge is -2.36. The largest absolute Gasteiger partial charge is 0.349 e. The maximum absolute atomic E-state index is 15.5. The van der Waals surface area contributed by atoms with Crippen LogP contribution in [0.2, 0.25) is 0 Å². The Labute approximate surface area is 167 Å². The van der Waals surface area contributed by atoms with Gasteiger partial charge in [-0.15, -0.1) is 0 Å². The van der Waals surface area contributed by atoms with Gasteiger partial charge in [-0.2, -0.15) is 5.10 Å². The fraction of sp³-hybridized carbons (Fsp3) is 0.333. The Bertz CT molecular complexity index is 1050. The molecule has 29 heavy (non-hydrogen) atoms. The fourth-order valence-electron chi connectivity index (χ4n) is 3.73. The van der Waals surface area contributed by atoms with Crippen LogP contribution in [0.4, 0.5) is 4.39 Å². The number of carbonyl (C=O) groups is 2. The van der Waals surface area contributed by atoms with E-state index in [4.69, 9.17) is 0 Å². The Balaban J connectivity index is 1.49. The van der Waals surface area contributed by atoms with Gasteiger partial charge in [0, 0.05) is 37.9 Å². The predicted molar refractivity (Wildman–Crippen MR) is 106 cm³/mol. The number of aromatic nitrogens is 3. The first-order chi connectivity index (χ1) is 14.0. The van der Waals surface area contributed by atoms with Gasteiger partial charge in [0.15, 0.2) is 5.69 Å². The predicted octanol–water partition coefficient (Wildman–Crippen LogP) is 2.23. The summed E-state index contributed by atoms with van der Waals surface area (Å²) in [7, 11) is 1.77. The van der Waals surface area contributed by atoms with Crippen molar-refractivity contribution in [3.05, 3.63) is 60.0 Å². The number of fused-ring (bicyclic) bond motifs is 1. The summed E-state index contributed by atoms with van der Waals surface area (Å²) < 4.78 is 17.1. The number of likely N-dealkylation sites (tertiary alicyclic amines) is 1. The molecule has 3 aromatic rings. The van der Waals surface area contributed by atoms with E-state index in [1.807, 2.05) is 24.3 Å². The lowest BCUT2D eigenvalue weighted by atomic mass is 9.93. The van der Waals surface area contributed by atoms with Gasteiger partial charge in [-0.05, 0) is 36.6 Å². The van der Waals surface area contributed by atoms with Gasteiger partial charge in [-0.25, -0.2) is 4.39 Å². The van der Waals surface area contributed by atoms with Crippen molar-refractivity contribution < 1.29 is 14.0 Å². The highest BCUT2D eigenvalue weighted by molar-refractivity contribution is 6.05. The van der Waals surface area contributed by atoms with Crippen LogP contribution < -0.4 is 5.32 Å². The Morgan fingerprint density at radius 2 is 1.97 bits per heavy atom. The van der Waals surface area contributed by atoms with Gasteiger partial charge in [-0.1, -0.05) is 18.2 Å². The molecule has 0 bridgehead atoms. The third-order valence-electron chi connectivity index (χ3n) is 5.30. The van der Waals surface area contributed by atoms with Crippen LogP contribution in [0.25, 0.3) is 10.9 Å². The third-order valence-corrected chi connectivity index (χ3v) is 5.30. The molecule has 1 aromatic carbocycles. The molecule has 0 aliphatic carbocycles. The molecule has 7 nitrogen and oxygen atoms in total. The van der Waals surface area contributed by atoms with Gasteiger partial charge in [0.1, 0.15) is 0 Å². The molecule has 1 aliphatic heterocycles. The average Bonchev–Trinajstić information content (AvgIpc) is 3.09. The second kappa shape index (κ2) is 7.62. The van der Waals surface area contributed by atoms with Gasteiger partial charge >= 0.3 is 0 Å². The van der Waals surface area contributed by atoms with E-state index in [1.54, 1.807) is 36.3 Å². The number of pyridine rings is 1. The van der Waals surface area contributed by atoms with Crippen LogP contribution in [0.1, 0.15) is 28.9 Å². The monoisotopic (exact) mass is 395 g/mol. The first-order valence-electron chi connectivity index (χ1n) is 9.55. The minimum Gasteiger partial charge on any atom is -0.349 e. The number of halogens is 1. The molecule has 1 unspecified atom stereocenters. The number of carbonyl (C=O) groups excluding carboxylic acids is 2. The highest BCUT2D eigenvalue weighted by Gasteiger charge is 2.44. The van der Waals surface area contributed by atoms with Crippen LogP contribution in [0.3, 0.4) is 0 Å². The number of aryl methyl sites for hydroxylation is 1. The molecular weight excluding hydrogens is 373 g/mol. The summed E-state index contributed by atoms with van der Waals surface area (Å²) in [6.07, 6.45) is 3.73. The number of nitrogens with zero attached hydrogens (tertiary/aromatic N) is 4. The minimum atomic E-state index is -2.12. The number of para-hydroxylation sites is 1. The topological polar surface area (TPSA) is 80.1 Å². The Kier molecular flexibility index (Phi) is 5.00. The van der Waals surface area contributed by atoms with Crippen molar-refractivity contribution in [2.75, 3.05) is 13.1 Å². The summed E-state index contributed by atoms with van der Waals surface area (Å²) in [6.45, 7) is 0.331. The highest BCUT2D eigenvalue weighted by atomic mass is 19.1. The van der Waals surface area contributed by atoms with Crippen molar-refractivity contribution in [2.45, 2.75) is 25.1 Å². The maximum Gasteiger partial charge on any atom is 0.275 e. The lowest BCUT2D eigenvalue weighted by molar-refractivity contribution is -0.136. The number of nitrogens with one attached hydrogen (secondary N) is 1. The van der Waals surface area contributed by atoms with Crippen LogP contribution in [-0.4, -0.2) is 50.2 Å². The molecule has 150 valence electrons. The lowest BCUT2D eigenvalue weighted by Crippen LogP contribution is -2.55. The Hall–Kier alpha value is -3.29. The first-order valence-corrected chi connectivity index (χ1v) is 9.55. The second-order valence-electron chi connectivity index (χ2n) is 7.32. The van der Waals surface area contributed by atoms with Crippen LogP contribution in [0, 0.1) is 0 Å². The quantitative estimate of drug-likeness (QED) is 0.735. The normalized spacial score (nSPS) is 19.3. The molecule has 8 heteroatoms. The van der Waals surface area contributed by atoms with Crippen molar-refractivity contribution in [2.24, 2.45) is 7.05 Å². The second-order valence-corrected chi connectivity index (χ2v) is 7.32. The standard InChI is InChI=1S/C21H22FN5O2/c1-26-17-6-3-2-5-16(17)18(25-26)19(28)27-12-4-9-21(22,14-27)20(29)24-13-15-7-10-23-11-8-15/h2-3,5-8,10-11H,4,9,12-14H2,1H3,(H,24,29). The highest BCUT2D eigenvalue weighted by Crippen LogP contribution is 2.28. The van der Waals surface area contributed by atoms with Gasteiger partial charge in [-0.3, -0.25) is 19.3 Å². The smallest absolute Gasteiger partial charge is 0.275 e. The molecular formula is C21H22FN5O2. The fourth-order valence-corrected chi connectivity index (χ4v) is 3.73. The van der Waals surface area contributed by atoms with E-state index in [2.05, 4.69) is 15.4 Å². The van der Waals surface area contributed by atoms with Crippen LogP contribution in [0.15, 0.2) is 48.8 Å². The number of hydrogen-bond donors (Lipinski definition) is 1. The average molecular weight is 395 g/mol. The van der Waals surface area contributed by atoms with E-state index in [0.29, 0.717) is 13.0 Å².